The summed E-state index contributed by atoms with van der Waals surface area (Å²) in [5.41, 5.74) is 0.990. The number of nitrogens with zero attached hydrogens (tertiary/aromatic N) is 1. The van der Waals surface area contributed by atoms with Crippen molar-refractivity contribution in [1.29, 1.82) is 0 Å². The highest BCUT2D eigenvalue weighted by atomic mass is 32.2. The highest BCUT2D eigenvalue weighted by Gasteiger charge is 2.29. The van der Waals surface area contributed by atoms with E-state index in [0.29, 0.717) is 25.9 Å². The summed E-state index contributed by atoms with van der Waals surface area (Å²) in [6, 6.07) is 8.87. The van der Waals surface area contributed by atoms with Crippen LogP contribution in [0.3, 0.4) is 0 Å². The van der Waals surface area contributed by atoms with Gasteiger partial charge in [-0.25, -0.2) is 13.1 Å². The molecular weight excluding hydrogens is 394 g/mol. The number of sulfonamides is 1. The molecule has 2 amide bonds. The maximum absolute atomic E-state index is 12.6. The molecule has 8 nitrogen and oxygen atoms in total. The summed E-state index contributed by atoms with van der Waals surface area (Å²) < 4.78 is 32.8. The molecule has 0 aliphatic carbocycles. The summed E-state index contributed by atoms with van der Waals surface area (Å²) in [4.78, 5) is 26.5. The van der Waals surface area contributed by atoms with Crippen molar-refractivity contribution in [3.63, 3.8) is 0 Å². The number of hydrogen-bond donors (Lipinski definition) is 2. The summed E-state index contributed by atoms with van der Waals surface area (Å²) in [5, 5.41) is 2.62. The number of likely N-dealkylation sites (tertiary alicyclic amines) is 1. The van der Waals surface area contributed by atoms with Crippen molar-refractivity contribution in [3.8, 4) is 0 Å². The van der Waals surface area contributed by atoms with Gasteiger partial charge in [0.1, 0.15) is 6.04 Å². The van der Waals surface area contributed by atoms with Gasteiger partial charge in [-0.15, -0.1) is 0 Å². The lowest BCUT2D eigenvalue weighted by atomic mass is 10.1. The number of piperidine rings is 1. The maximum atomic E-state index is 12.6. The lowest BCUT2D eigenvalue weighted by Crippen LogP contribution is -2.52. The minimum atomic E-state index is -3.59. The summed E-state index contributed by atoms with van der Waals surface area (Å²) >= 11 is 0. The Bertz CT molecular complexity index is 947. The van der Waals surface area contributed by atoms with E-state index >= 15 is 0 Å². The van der Waals surface area contributed by atoms with Gasteiger partial charge < -0.3 is 14.6 Å². The lowest BCUT2D eigenvalue weighted by molar-refractivity contribution is -0.133. The molecule has 1 aromatic carbocycles. The number of carbonyl (C=O) groups excluding carboxylic acids is 2. The first-order chi connectivity index (χ1) is 13.8. The van der Waals surface area contributed by atoms with Crippen LogP contribution in [0.5, 0.6) is 0 Å². The van der Waals surface area contributed by atoms with Gasteiger partial charge in [-0.05, 0) is 51.0 Å². The average molecular weight is 420 g/mol. The van der Waals surface area contributed by atoms with Crippen LogP contribution < -0.4 is 10.0 Å². The molecule has 9 heteroatoms. The summed E-state index contributed by atoms with van der Waals surface area (Å²) in [5.74, 6) is -0.504. The first-order valence-corrected chi connectivity index (χ1v) is 11.0. The SMILES string of the molecule is Cc1ccc(S(=O)(=O)NC2CCN(C(=O)[C@H](C)NC(=O)c3ccco3)CC2)cc1. The van der Waals surface area contributed by atoms with Gasteiger partial charge in [0.25, 0.3) is 5.91 Å². The van der Waals surface area contributed by atoms with Crippen LogP contribution in [0.2, 0.25) is 0 Å². The third-order valence-electron chi connectivity index (χ3n) is 4.92. The van der Waals surface area contributed by atoms with Crippen molar-refractivity contribution in [2.75, 3.05) is 13.1 Å². The van der Waals surface area contributed by atoms with Gasteiger partial charge in [0.05, 0.1) is 11.2 Å². The molecule has 1 aromatic heterocycles. The Hall–Kier alpha value is -2.65. The van der Waals surface area contributed by atoms with E-state index in [9.17, 15) is 18.0 Å². The van der Waals surface area contributed by atoms with Crippen molar-refractivity contribution in [2.24, 2.45) is 0 Å². The molecular formula is C20H25N3O5S. The van der Waals surface area contributed by atoms with E-state index in [-0.39, 0.29) is 22.6 Å². The van der Waals surface area contributed by atoms with Crippen LogP contribution in [0.4, 0.5) is 0 Å². The third-order valence-corrected chi connectivity index (χ3v) is 6.46. The molecule has 0 bridgehead atoms. The molecule has 0 saturated carbocycles. The molecule has 2 heterocycles. The Balaban J connectivity index is 1.51. The number of benzene rings is 1. The van der Waals surface area contributed by atoms with Crippen LogP contribution >= 0.6 is 0 Å². The van der Waals surface area contributed by atoms with Gasteiger partial charge in [-0.3, -0.25) is 9.59 Å². The molecule has 1 atom stereocenters. The quantitative estimate of drug-likeness (QED) is 0.740. The van der Waals surface area contributed by atoms with Crippen LogP contribution in [-0.4, -0.2) is 50.3 Å². The fraction of sp³-hybridized carbons (Fsp3) is 0.400. The maximum Gasteiger partial charge on any atom is 0.287 e. The monoisotopic (exact) mass is 419 g/mol. The van der Waals surface area contributed by atoms with E-state index < -0.39 is 22.0 Å². The summed E-state index contributed by atoms with van der Waals surface area (Å²) in [7, 11) is -3.59. The minimum Gasteiger partial charge on any atom is -0.459 e. The van der Waals surface area contributed by atoms with E-state index in [4.69, 9.17) is 4.42 Å². The Kier molecular flexibility index (Phi) is 6.39. The highest BCUT2D eigenvalue weighted by Crippen LogP contribution is 2.16. The van der Waals surface area contributed by atoms with E-state index in [0.717, 1.165) is 5.56 Å². The average Bonchev–Trinajstić information content (AvgIpc) is 3.23. The molecule has 1 aliphatic rings. The van der Waals surface area contributed by atoms with Crippen LogP contribution in [0.25, 0.3) is 0 Å². The number of aryl methyl sites for hydroxylation is 1. The second-order valence-corrected chi connectivity index (χ2v) is 8.92. The van der Waals surface area contributed by atoms with E-state index in [1.807, 2.05) is 6.92 Å². The summed E-state index contributed by atoms with van der Waals surface area (Å²) in [6.45, 7) is 4.35. The molecule has 156 valence electrons. The fourth-order valence-corrected chi connectivity index (χ4v) is 4.54. The molecule has 0 spiro atoms. The second-order valence-electron chi connectivity index (χ2n) is 7.21. The fourth-order valence-electron chi connectivity index (χ4n) is 3.23. The first-order valence-electron chi connectivity index (χ1n) is 9.48. The number of furan rings is 1. The Labute approximate surface area is 170 Å². The van der Waals surface area contributed by atoms with E-state index in [1.54, 1.807) is 42.2 Å². The summed E-state index contributed by atoms with van der Waals surface area (Å²) in [6.07, 6.45) is 2.41. The minimum absolute atomic E-state index is 0.147. The van der Waals surface area contributed by atoms with E-state index in [2.05, 4.69) is 10.0 Å². The topological polar surface area (TPSA) is 109 Å². The number of amides is 2. The Morgan fingerprint density at radius 3 is 2.38 bits per heavy atom. The lowest BCUT2D eigenvalue weighted by Gasteiger charge is -2.33. The number of rotatable bonds is 6. The molecule has 0 radical (unpaired) electrons. The normalized spacial score (nSPS) is 16.4. The molecule has 2 aromatic rings. The van der Waals surface area contributed by atoms with Crippen molar-refractivity contribution < 1.29 is 22.4 Å². The molecule has 2 N–H and O–H groups in total. The van der Waals surface area contributed by atoms with Gasteiger partial charge in [0.2, 0.25) is 15.9 Å². The number of carbonyl (C=O) groups is 2. The zero-order chi connectivity index (χ0) is 21.0. The molecule has 0 unspecified atom stereocenters. The predicted octanol–water partition coefficient (Wildman–Crippen LogP) is 1.68. The van der Waals surface area contributed by atoms with Crippen LogP contribution in [-0.2, 0) is 14.8 Å². The van der Waals surface area contributed by atoms with Crippen LogP contribution in [0.15, 0.2) is 52.0 Å². The smallest absolute Gasteiger partial charge is 0.287 e. The van der Waals surface area contributed by atoms with Gasteiger partial charge in [-0.2, -0.15) is 0 Å². The van der Waals surface area contributed by atoms with Crippen LogP contribution in [0.1, 0.15) is 35.9 Å². The predicted molar refractivity (Wildman–Crippen MR) is 107 cm³/mol. The first kappa shape index (κ1) is 21.1. The Morgan fingerprint density at radius 2 is 1.79 bits per heavy atom. The van der Waals surface area contributed by atoms with Crippen LogP contribution in [0, 0.1) is 6.92 Å². The molecule has 29 heavy (non-hydrogen) atoms. The van der Waals surface area contributed by atoms with Gasteiger partial charge in [0, 0.05) is 19.1 Å². The van der Waals surface area contributed by atoms with Crippen molar-refractivity contribution in [2.45, 2.75) is 43.7 Å². The number of hydrogen-bond acceptors (Lipinski definition) is 5. The van der Waals surface area contributed by atoms with Crippen molar-refractivity contribution in [1.82, 2.24) is 14.9 Å². The molecule has 1 saturated heterocycles. The highest BCUT2D eigenvalue weighted by molar-refractivity contribution is 7.89. The zero-order valence-electron chi connectivity index (χ0n) is 16.4. The molecule has 1 aliphatic heterocycles. The molecule has 1 fully saturated rings. The Morgan fingerprint density at radius 1 is 1.14 bits per heavy atom. The third kappa shape index (κ3) is 5.24. The van der Waals surface area contributed by atoms with Gasteiger partial charge in [0.15, 0.2) is 5.76 Å². The van der Waals surface area contributed by atoms with Crippen molar-refractivity contribution >= 4 is 21.8 Å². The van der Waals surface area contributed by atoms with Gasteiger partial charge in [-0.1, -0.05) is 17.7 Å². The zero-order valence-corrected chi connectivity index (χ0v) is 17.2. The number of nitrogens with one attached hydrogen (secondary N) is 2. The largest absolute Gasteiger partial charge is 0.459 e. The standard InChI is InChI=1S/C20H25N3O5S/c1-14-5-7-17(8-6-14)29(26,27)22-16-9-11-23(12-10-16)20(25)15(2)21-19(24)18-4-3-13-28-18/h3-8,13,15-16,22H,9-12H2,1-2H3,(H,21,24)/t15-/m0/s1. The molecule has 3 rings (SSSR count). The van der Waals surface area contributed by atoms with Gasteiger partial charge >= 0.3 is 0 Å². The van der Waals surface area contributed by atoms with Crippen molar-refractivity contribution in [3.05, 3.63) is 54.0 Å². The second kappa shape index (κ2) is 8.79. The van der Waals surface area contributed by atoms with E-state index in [1.165, 1.54) is 12.3 Å².